The van der Waals surface area contributed by atoms with Crippen LogP contribution in [0, 0.1) is 0 Å². The minimum absolute atomic E-state index is 0.0701. The summed E-state index contributed by atoms with van der Waals surface area (Å²) in [6.07, 6.45) is 1.77. The van der Waals surface area contributed by atoms with E-state index in [-0.39, 0.29) is 22.8 Å². The van der Waals surface area contributed by atoms with Crippen molar-refractivity contribution in [3.05, 3.63) is 23.8 Å². The molecule has 0 spiro atoms. The first-order valence-corrected chi connectivity index (χ1v) is 7.51. The normalized spacial score (nSPS) is 12.1. The maximum absolute atomic E-state index is 11.9. The Balaban J connectivity index is 3.07. The molecule has 0 aliphatic heterocycles. The van der Waals surface area contributed by atoms with Crippen LogP contribution in [-0.2, 0) is 4.79 Å². The van der Waals surface area contributed by atoms with Crippen LogP contribution in [0.25, 0.3) is 0 Å². The quantitative estimate of drug-likeness (QED) is 0.844. The Morgan fingerprint density at radius 2 is 1.95 bits per heavy atom. The molecule has 6 heteroatoms. The monoisotopic (exact) mass is 297 g/mol. The average Bonchev–Trinajstić information content (AvgIpc) is 2.38. The molecular formula is C14H19NO4S. The Bertz CT molecular complexity index is 502. The fourth-order valence-electron chi connectivity index (χ4n) is 1.46. The lowest BCUT2D eigenvalue weighted by atomic mass is 10.2. The van der Waals surface area contributed by atoms with Crippen LogP contribution in [0.1, 0.15) is 31.1 Å². The number of anilines is 1. The maximum Gasteiger partial charge on any atom is 0.335 e. The smallest absolute Gasteiger partial charge is 0.335 e. The Kier molecular flexibility index (Phi) is 5.88. The molecule has 1 amide bonds. The van der Waals surface area contributed by atoms with Gasteiger partial charge in [-0.1, -0.05) is 0 Å². The Morgan fingerprint density at radius 1 is 1.30 bits per heavy atom. The minimum atomic E-state index is -1.05. The summed E-state index contributed by atoms with van der Waals surface area (Å²) in [7, 11) is 0. The van der Waals surface area contributed by atoms with E-state index in [4.69, 9.17) is 9.84 Å². The highest BCUT2D eigenvalue weighted by atomic mass is 32.2. The van der Waals surface area contributed by atoms with Gasteiger partial charge in [0.25, 0.3) is 0 Å². The van der Waals surface area contributed by atoms with Gasteiger partial charge in [-0.3, -0.25) is 4.79 Å². The van der Waals surface area contributed by atoms with Crippen LogP contribution < -0.4 is 10.1 Å². The second-order valence-electron chi connectivity index (χ2n) is 4.55. The molecule has 0 aromatic heterocycles. The highest BCUT2D eigenvalue weighted by Gasteiger charge is 2.16. The predicted molar refractivity (Wildman–Crippen MR) is 80.8 cm³/mol. The number of carboxylic acid groups (broad SMARTS) is 1. The van der Waals surface area contributed by atoms with E-state index in [1.54, 1.807) is 13.0 Å². The molecule has 1 atom stereocenters. The molecule has 0 saturated heterocycles. The molecule has 110 valence electrons. The molecule has 0 fully saturated rings. The molecule has 1 rings (SSSR count). The van der Waals surface area contributed by atoms with Crippen molar-refractivity contribution in [1.82, 2.24) is 0 Å². The molecule has 0 heterocycles. The zero-order valence-corrected chi connectivity index (χ0v) is 12.8. The van der Waals surface area contributed by atoms with Crippen LogP contribution in [0.4, 0.5) is 5.69 Å². The third-order valence-corrected chi connectivity index (χ3v) is 3.49. The van der Waals surface area contributed by atoms with Crippen LogP contribution in [-0.4, -0.2) is 34.6 Å². The fourth-order valence-corrected chi connectivity index (χ4v) is 1.73. The number of rotatable bonds is 6. The van der Waals surface area contributed by atoms with Crippen molar-refractivity contribution in [2.75, 3.05) is 11.6 Å². The van der Waals surface area contributed by atoms with Gasteiger partial charge in [0.05, 0.1) is 22.6 Å². The van der Waals surface area contributed by atoms with Gasteiger partial charge in [-0.05, 0) is 45.2 Å². The summed E-state index contributed by atoms with van der Waals surface area (Å²) in [5.74, 6) is -0.769. The van der Waals surface area contributed by atoms with Crippen molar-refractivity contribution >= 4 is 29.3 Å². The molecule has 0 aliphatic rings. The van der Waals surface area contributed by atoms with Crippen molar-refractivity contribution in [2.45, 2.75) is 32.1 Å². The lowest BCUT2D eigenvalue weighted by Gasteiger charge is -2.17. The summed E-state index contributed by atoms with van der Waals surface area (Å²) >= 11 is 1.41. The SMILES string of the molecule is CS[C@@H](C)C(=O)Nc1cc(C(=O)O)ccc1OC(C)C. The van der Waals surface area contributed by atoms with E-state index in [1.807, 2.05) is 20.1 Å². The molecule has 5 nitrogen and oxygen atoms in total. The second-order valence-corrected chi connectivity index (χ2v) is 5.73. The van der Waals surface area contributed by atoms with Crippen LogP contribution >= 0.6 is 11.8 Å². The third kappa shape index (κ3) is 4.45. The van der Waals surface area contributed by atoms with Gasteiger partial charge in [0.2, 0.25) is 5.91 Å². The predicted octanol–water partition coefficient (Wildman–Crippen LogP) is 2.86. The maximum atomic E-state index is 11.9. The van der Waals surface area contributed by atoms with E-state index in [0.717, 1.165) is 0 Å². The van der Waals surface area contributed by atoms with E-state index in [2.05, 4.69) is 5.32 Å². The summed E-state index contributed by atoms with van der Waals surface area (Å²) in [5.41, 5.74) is 0.484. The van der Waals surface area contributed by atoms with Gasteiger partial charge in [0, 0.05) is 0 Å². The highest BCUT2D eigenvalue weighted by molar-refractivity contribution is 7.99. The van der Waals surface area contributed by atoms with Gasteiger partial charge in [0.1, 0.15) is 5.75 Å². The second kappa shape index (κ2) is 7.19. The molecule has 20 heavy (non-hydrogen) atoms. The summed E-state index contributed by atoms with van der Waals surface area (Å²) < 4.78 is 5.58. The number of nitrogens with one attached hydrogen (secondary N) is 1. The molecule has 0 aliphatic carbocycles. The molecule has 0 saturated carbocycles. The lowest BCUT2D eigenvalue weighted by Crippen LogP contribution is -2.23. The minimum Gasteiger partial charge on any atom is -0.489 e. The molecular weight excluding hydrogens is 278 g/mol. The number of benzene rings is 1. The third-order valence-electron chi connectivity index (χ3n) is 2.57. The first kappa shape index (κ1) is 16.4. The van der Waals surface area contributed by atoms with Gasteiger partial charge >= 0.3 is 5.97 Å². The van der Waals surface area contributed by atoms with Crippen LogP contribution in [0.2, 0.25) is 0 Å². The van der Waals surface area contributed by atoms with E-state index in [0.29, 0.717) is 11.4 Å². The number of aromatic carboxylic acids is 1. The van der Waals surface area contributed by atoms with E-state index >= 15 is 0 Å². The van der Waals surface area contributed by atoms with Crippen molar-refractivity contribution < 1.29 is 19.4 Å². The highest BCUT2D eigenvalue weighted by Crippen LogP contribution is 2.27. The molecule has 1 aromatic carbocycles. The Labute approximate surface area is 122 Å². The summed E-state index contributed by atoms with van der Waals surface area (Å²) in [4.78, 5) is 22.9. The first-order chi connectivity index (χ1) is 9.35. The van der Waals surface area contributed by atoms with Crippen LogP contribution in [0.3, 0.4) is 0 Å². The van der Waals surface area contributed by atoms with Crippen LogP contribution in [0.5, 0.6) is 5.75 Å². The zero-order chi connectivity index (χ0) is 15.3. The summed E-state index contributed by atoms with van der Waals surface area (Å²) in [6, 6.07) is 4.42. The number of hydrogen-bond donors (Lipinski definition) is 2. The van der Waals surface area contributed by atoms with E-state index in [1.165, 1.54) is 23.9 Å². The van der Waals surface area contributed by atoms with Crippen molar-refractivity contribution in [2.24, 2.45) is 0 Å². The molecule has 0 bridgehead atoms. The Morgan fingerprint density at radius 3 is 2.45 bits per heavy atom. The van der Waals surface area contributed by atoms with Gasteiger partial charge in [0.15, 0.2) is 0 Å². The first-order valence-electron chi connectivity index (χ1n) is 6.22. The van der Waals surface area contributed by atoms with Crippen LogP contribution in [0.15, 0.2) is 18.2 Å². The summed E-state index contributed by atoms with van der Waals surface area (Å²) in [5, 5.41) is 11.5. The number of carboxylic acids is 1. The summed E-state index contributed by atoms with van der Waals surface area (Å²) in [6.45, 7) is 5.51. The van der Waals surface area contributed by atoms with Gasteiger partial charge < -0.3 is 15.2 Å². The molecule has 0 radical (unpaired) electrons. The fraction of sp³-hybridized carbons (Fsp3) is 0.429. The van der Waals surface area contributed by atoms with Crippen molar-refractivity contribution in [3.63, 3.8) is 0 Å². The van der Waals surface area contributed by atoms with Gasteiger partial charge in [-0.25, -0.2) is 4.79 Å². The van der Waals surface area contributed by atoms with E-state index < -0.39 is 5.97 Å². The number of hydrogen-bond acceptors (Lipinski definition) is 4. The van der Waals surface area contributed by atoms with Gasteiger partial charge in [-0.15, -0.1) is 0 Å². The number of carbonyl (C=O) groups is 2. The number of thioether (sulfide) groups is 1. The van der Waals surface area contributed by atoms with Crippen molar-refractivity contribution in [1.29, 1.82) is 0 Å². The number of ether oxygens (including phenoxy) is 1. The van der Waals surface area contributed by atoms with Crippen molar-refractivity contribution in [3.8, 4) is 5.75 Å². The topological polar surface area (TPSA) is 75.6 Å². The number of carbonyl (C=O) groups excluding carboxylic acids is 1. The standard InChI is InChI=1S/C14H19NO4S/c1-8(2)19-12-6-5-10(14(17)18)7-11(12)15-13(16)9(3)20-4/h5-9H,1-4H3,(H,15,16)(H,17,18)/t9-/m0/s1. The molecule has 2 N–H and O–H groups in total. The molecule has 1 aromatic rings. The van der Waals surface area contributed by atoms with Gasteiger partial charge in [-0.2, -0.15) is 11.8 Å². The lowest BCUT2D eigenvalue weighted by molar-refractivity contribution is -0.115. The Hall–Kier alpha value is -1.69. The molecule has 0 unspecified atom stereocenters. The van der Waals surface area contributed by atoms with E-state index in [9.17, 15) is 9.59 Å². The number of amides is 1. The largest absolute Gasteiger partial charge is 0.489 e. The zero-order valence-electron chi connectivity index (χ0n) is 12.0. The average molecular weight is 297 g/mol.